The molecule has 2 unspecified atom stereocenters. The van der Waals surface area contributed by atoms with Crippen LogP contribution in [0.3, 0.4) is 0 Å². The molecule has 5 nitrogen and oxygen atoms in total. The van der Waals surface area contributed by atoms with E-state index in [4.69, 9.17) is 15.2 Å². The predicted octanol–water partition coefficient (Wildman–Crippen LogP) is 2.82. The van der Waals surface area contributed by atoms with Crippen LogP contribution < -0.4 is 5.73 Å². The minimum absolute atomic E-state index is 0. The number of amides is 1. The molecule has 3 atom stereocenters. The Kier molecular flexibility index (Phi) is 6.46. The molecule has 0 aromatic heterocycles. The first-order valence-corrected chi connectivity index (χ1v) is 9.89. The predicted molar refractivity (Wildman–Crippen MR) is 107 cm³/mol. The van der Waals surface area contributed by atoms with Gasteiger partial charge in [0.1, 0.15) is 5.60 Å². The number of nitrogens with zero attached hydrogens (tertiary/aromatic N) is 1. The SMILES string of the molecule is COC1(c2cccc(C(N)=O)c2)C2CCCC1CN(C[C@H]1CCOC1)C2.Cl. The fourth-order valence-electron chi connectivity index (χ4n) is 5.60. The molecular formula is C21H31ClN2O3. The van der Waals surface area contributed by atoms with Crippen LogP contribution in [0, 0.1) is 17.8 Å². The Hall–Kier alpha value is -1.14. The molecule has 4 rings (SSSR count). The Labute approximate surface area is 168 Å². The lowest BCUT2D eigenvalue weighted by molar-refractivity contribution is -0.170. The summed E-state index contributed by atoms with van der Waals surface area (Å²) >= 11 is 0. The average molecular weight is 395 g/mol. The topological polar surface area (TPSA) is 64.8 Å². The van der Waals surface area contributed by atoms with Crippen molar-refractivity contribution in [3.8, 4) is 0 Å². The van der Waals surface area contributed by atoms with Gasteiger partial charge in [0, 0.05) is 50.8 Å². The number of hydrogen-bond acceptors (Lipinski definition) is 4. The highest BCUT2D eigenvalue weighted by Gasteiger charge is 2.53. The molecule has 2 saturated heterocycles. The van der Waals surface area contributed by atoms with Crippen molar-refractivity contribution >= 4 is 18.3 Å². The first-order chi connectivity index (χ1) is 12.6. The van der Waals surface area contributed by atoms with Crippen LogP contribution in [-0.2, 0) is 15.1 Å². The fourth-order valence-corrected chi connectivity index (χ4v) is 5.60. The van der Waals surface area contributed by atoms with E-state index in [9.17, 15) is 4.79 Å². The minimum atomic E-state index is -0.373. The van der Waals surface area contributed by atoms with Crippen LogP contribution in [0.25, 0.3) is 0 Å². The van der Waals surface area contributed by atoms with Crippen LogP contribution in [-0.4, -0.2) is 50.8 Å². The normalized spacial score (nSPS) is 33.4. The minimum Gasteiger partial charge on any atom is -0.381 e. The molecule has 27 heavy (non-hydrogen) atoms. The van der Waals surface area contributed by atoms with Crippen molar-refractivity contribution in [3.05, 3.63) is 35.4 Å². The molecular weight excluding hydrogens is 364 g/mol. The zero-order valence-electron chi connectivity index (χ0n) is 16.1. The second-order valence-corrected chi connectivity index (χ2v) is 8.22. The third kappa shape index (κ3) is 3.75. The van der Waals surface area contributed by atoms with Crippen molar-refractivity contribution < 1.29 is 14.3 Å². The maximum atomic E-state index is 11.7. The number of hydrogen-bond donors (Lipinski definition) is 1. The average Bonchev–Trinajstić information content (AvgIpc) is 3.14. The number of benzene rings is 1. The molecule has 3 aliphatic rings. The van der Waals surface area contributed by atoms with E-state index < -0.39 is 0 Å². The third-order valence-corrected chi connectivity index (χ3v) is 6.75. The van der Waals surface area contributed by atoms with Crippen LogP contribution in [0.1, 0.15) is 41.6 Å². The summed E-state index contributed by atoms with van der Waals surface area (Å²) in [6, 6.07) is 7.80. The summed E-state index contributed by atoms with van der Waals surface area (Å²) in [4.78, 5) is 14.3. The Morgan fingerprint density at radius 3 is 2.63 bits per heavy atom. The van der Waals surface area contributed by atoms with Crippen molar-refractivity contribution in [3.63, 3.8) is 0 Å². The van der Waals surface area contributed by atoms with Crippen LogP contribution in [0.15, 0.2) is 24.3 Å². The van der Waals surface area contributed by atoms with Crippen LogP contribution in [0.4, 0.5) is 0 Å². The van der Waals surface area contributed by atoms with Crippen LogP contribution in [0.5, 0.6) is 0 Å². The van der Waals surface area contributed by atoms with E-state index in [-0.39, 0.29) is 23.9 Å². The number of piperidine rings is 1. The number of nitrogens with two attached hydrogens (primary N) is 1. The molecule has 1 saturated carbocycles. The van der Waals surface area contributed by atoms with E-state index >= 15 is 0 Å². The number of halogens is 1. The van der Waals surface area contributed by atoms with E-state index in [2.05, 4.69) is 11.0 Å². The van der Waals surface area contributed by atoms with Gasteiger partial charge in [0.05, 0.1) is 6.61 Å². The number of carbonyl (C=O) groups is 1. The lowest BCUT2D eigenvalue weighted by atomic mass is 9.62. The van der Waals surface area contributed by atoms with Gasteiger partial charge in [-0.25, -0.2) is 0 Å². The van der Waals surface area contributed by atoms with E-state index in [1.165, 1.54) is 25.7 Å². The summed E-state index contributed by atoms with van der Waals surface area (Å²) in [5, 5.41) is 0. The molecule has 0 spiro atoms. The number of rotatable bonds is 5. The molecule has 6 heteroatoms. The first kappa shape index (κ1) is 20.6. The summed E-state index contributed by atoms with van der Waals surface area (Å²) in [6.07, 6.45) is 4.78. The summed E-state index contributed by atoms with van der Waals surface area (Å²) in [7, 11) is 1.84. The van der Waals surface area contributed by atoms with Gasteiger partial charge in [-0.3, -0.25) is 4.79 Å². The molecule has 0 radical (unpaired) electrons. The van der Waals surface area contributed by atoms with Crippen LogP contribution >= 0.6 is 12.4 Å². The maximum absolute atomic E-state index is 11.7. The van der Waals surface area contributed by atoms with Gasteiger partial charge in [-0.05, 0) is 42.9 Å². The van der Waals surface area contributed by atoms with Gasteiger partial charge in [-0.15, -0.1) is 12.4 Å². The van der Waals surface area contributed by atoms with E-state index in [1.807, 2.05) is 19.2 Å². The molecule has 2 bridgehead atoms. The van der Waals surface area contributed by atoms with Crippen molar-refractivity contribution in [2.45, 2.75) is 31.3 Å². The first-order valence-electron chi connectivity index (χ1n) is 9.89. The maximum Gasteiger partial charge on any atom is 0.248 e. The van der Waals surface area contributed by atoms with Crippen molar-refractivity contribution in [1.82, 2.24) is 4.90 Å². The molecule has 150 valence electrons. The van der Waals surface area contributed by atoms with E-state index in [0.29, 0.717) is 23.3 Å². The third-order valence-electron chi connectivity index (χ3n) is 6.75. The van der Waals surface area contributed by atoms with Gasteiger partial charge < -0.3 is 20.1 Å². The summed E-state index contributed by atoms with van der Waals surface area (Å²) < 4.78 is 11.8. The Morgan fingerprint density at radius 2 is 2.04 bits per heavy atom. The van der Waals surface area contributed by atoms with Crippen molar-refractivity contribution in [1.29, 1.82) is 0 Å². The number of fused-ring (bicyclic) bond motifs is 2. The molecule has 2 aliphatic heterocycles. The van der Waals surface area contributed by atoms with E-state index in [1.54, 1.807) is 6.07 Å². The number of likely N-dealkylation sites (tertiary alicyclic amines) is 1. The second kappa shape index (κ2) is 8.48. The lowest BCUT2D eigenvalue weighted by Gasteiger charge is -2.55. The van der Waals surface area contributed by atoms with Gasteiger partial charge in [0.15, 0.2) is 0 Å². The summed E-state index contributed by atoms with van der Waals surface area (Å²) in [5.41, 5.74) is 6.92. The van der Waals surface area contributed by atoms with Crippen molar-refractivity contribution in [2.24, 2.45) is 23.5 Å². The molecule has 1 aromatic carbocycles. The molecule has 2 heterocycles. The van der Waals surface area contributed by atoms with Gasteiger partial charge >= 0.3 is 0 Å². The number of carbonyl (C=O) groups excluding carboxylic acids is 1. The Balaban J connectivity index is 0.00000210. The van der Waals surface area contributed by atoms with Gasteiger partial charge in [-0.1, -0.05) is 18.6 Å². The molecule has 2 N–H and O–H groups in total. The monoisotopic (exact) mass is 394 g/mol. The number of ether oxygens (including phenoxy) is 2. The fraction of sp³-hybridized carbons (Fsp3) is 0.667. The van der Waals surface area contributed by atoms with E-state index in [0.717, 1.165) is 38.4 Å². The zero-order chi connectivity index (χ0) is 18.1. The highest BCUT2D eigenvalue weighted by molar-refractivity contribution is 5.92. The second-order valence-electron chi connectivity index (χ2n) is 8.22. The zero-order valence-corrected chi connectivity index (χ0v) is 16.9. The van der Waals surface area contributed by atoms with Gasteiger partial charge in [0.25, 0.3) is 0 Å². The molecule has 3 fully saturated rings. The molecule has 1 amide bonds. The van der Waals surface area contributed by atoms with Gasteiger partial charge in [0.2, 0.25) is 5.91 Å². The highest BCUT2D eigenvalue weighted by atomic mass is 35.5. The standard InChI is InChI=1S/C21H30N2O3.ClH/c1-25-21(17-5-2-4-16(10-17)20(22)24)18-6-3-7-19(21)13-23(12-18)11-15-8-9-26-14-15;/h2,4-5,10,15,18-19H,3,6-9,11-14H2,1H3,(H2,22,24);1H/t15-,18?,19?,21?;/m1./s1. The van der Waals surface area contributed by atoms with Crippen molar-refractivity contribution in [2.75, 3.05) is 40.0 Å². The quantitative estimate of drug-likeness (QED) is 0.834. The lowest BCUT2D eigenvalue weighted by Crippen LogP contribution is -2.59. The Bertz CT molecular complexity index is 649. The molecule has 1 aliphatic carbocycles. The molecule has 1 aromatic rings. The largest absolute Gasteiger partial charge is 0.381 e. The smallest absolute Gasteiger partial charge is 0.248 e. The summed E-state index contributed by atoms with van der Waals surface area (Å²) in [6.45, 7) is 5.06. The number of methoxy groups -OCH3 is 1. The Morgan fingerprint density at radius 1 is 1.30 bits per heavy atom. The van der Waals surface area contributed by atoms with Gasteiger partial charge in [-0.2, -0.15) is 0 Å². The number of primary amides is 1. The highest BCUT2D eigenvalue weighted by Crippen LogP contribution is 2.51. The summed E-state index contributed by atoms with van der Waals surface area (Å²) in [5.74, 6) is 1.20. The van der Waals surface area contributed by atoms with Crippen LogP contribution in [0.2, 0.25) is 0 Å².